The summed E-state index contributed by atoms with van der Waals surface area (Å²) >= 11 is 0. The van der Waals surface area contributed by atoms with E-state index in [1.807, 2.05) is 17.0 Å². The Morgan fingerprint density at radius 2 is 2.07 bits per heavy atom. The molecular weight excluding hydrogens is 370 g/mol. The van der Waals surface area contributed by atoms with Gasteiger partial charge in [-0.15, -0.1) is 0 Å². The van der Waals surface area contributed by atoms with Crippen LogP contribution in [0.25, 0.3) is 0 Å². The third-order valence-electron chi connectivity index (χ3n) is 4.25. The minimum absolute atomic E-state index is 0.0312. The van der Waals surface area contributed by atoms with E-state index in [-0.39, 0.29) is 17.0 Å². The van der Waals surface area contributed by atoms with Crippen LogP contribution >= 0.6 is 0 Å². The third kappa shape index (κ3) is 4.66. The average molecular weight is 391 g/mol. The van der Waals surface area contributed by atoms with Gasteiger partial charge in [0.2, 0.25) is 10.0 Å². The van der Waals surface area contributed by atoms with E-state index in [1.165, 1.54) is 12.3 Å². The van der Waals surface area contributed by atoms with E-state index in [0.29, 0.717) is 30.3 Å². The zero-order valence-electron chi connectivity index (χ0n) is 14.8. The number of amides is 2. The molecule has 0 saturated carbocycles. The van der Waals surface area contributed by atoms with Crippen LogP contribution in [0.4, 0.5) is 16.3 Å². The molecule has 1 aromatic heterocycles. The lowest BCUT2D eigenvalue weighted by Gasteiger charge is -2.18. The lowest BCUT2D eigenvalue weighted by molar-refractivity contribution is 0.249. The normalized spacial score (nSPS) is 16.8. The quantitative estimate of drug-likeness (QED) is 0.701. The maximum atomic E-state index is 12.2. The molecule has 2 heterocycles. The summed E-state index contributed by atoms with van der Waals surface area (Å²) in [7, 11) is -2.22. The summed E-state index contributed by atoms with van der Waals surface area (Å²) in [5, 5.41) is 10.8. The molecule has 1 aliphatic rings. The van der Waals surface area contributed by atoms with Crippen molar-refractivity contribution in [1.29, 1.82) is 0 Å². The number of primary sulfonamides is 1. The number of carbonyl (C=O) groups excluding carboxylic acids is 1. The van der Waals surface area contributed by atoms with Gasteiger partial charge in [0, 0.05) is 25.3 Å². The van der Waals surface area contributed by atoms with Gasteiger partial charge in [0.1, 0.15) is 16.5 Å². The number of aromatic nitrogens is 1. The second kappa shape index (κ2) is 7.80. The predicted molar refractivity (Wildman–Crippen MR) is 101 cm³/mol. The van der Waals surface area contributed by atoms with Gasteiger partial charge >= 0.3 is 6.03 Å². The Balaban J connectivity index is 1.57. The largest absolute Gasteiger partial charge is 0.495 e. The number of methoxy groups -OCH3 is 1. The number of nitrogens with two attached hydrogens (primary N) is 1. The molecule has 1 saturated heterocycles. The molecular formula is C17H21N5O4S. The molecule has 3 rings (SSSR count). The van der Waals surface area contributed by atoms with Crippen LogP contribution < -0.4 is 25.4 Å². The maximum absolute atomic E-state index is 12.2. The fourth-order valence-corrected chi connectivity index (χ4v) is 3.36. The number of rotatable bonds is 5. The van der Waals surface area contributed by atoms with Crippen molar-refractivity contribution < 1.29 is 17.9 Å². The molecule has 10 heteroatoms. The minimum Gasteiger partial charge on any atom is -0.495 e. The van der Waals surface area contributed by atoms with Gasteiger partial charge in [0.25, 0.3) is 0 Å². The van der Waals surface area contributed by atoms with E-state index in [1.54, 1.807) is 25.3 Å². The van der Waals surface area contributed by atoms with E-state index in [9.17, 15) is 13.2 Å². The molecule has 2 aromatic rings. The molecule has 4 N–H and O–H groups in total. The monoisotopic (exact) mass is 391 g/mol. The molecule has 9 nitrogen and oxygen atoms in total. The van der Waals surface area contributed by atoms with Gasteiger partial charge in [0.15, 0.2) is 0 Å². The van der Waals surface area contributed by atoms with Gasteiger partial charge in [-0.1, -0.05) is 12.1 Å². The van der Waals surface area contributed by atoms with Crippen LogP contribution in [0, 0.1) is 0 Å². The fraction of sp³-hybridized carbons (Fsp3) is 0.294. The smallest absolute Gasteiger partial charge is 0.319 e. The summed E-state index contributed by atoms with van der Waals surface area (Å²) in [5.41, 5.74) is 0.590. The Hall–Kier alpha value is -2.85. The lowest BCUT2D eigenvalue weighted by Crippen LogP contribution is -2.39. The molecule has 0 spiro atoms. The van der Waals surface area contributed by atoms with E-state index >= 15 is 0 Å². The Labute approximate surface area is 157 Å². The number of sulfonamides is 1. The first-order valence-corrected chi connectivity index (χ1v) is 9.86. The van der Waals surface area contributed by atoms with Crippen LogP contribution in [-0.2, 0) is 10.0 Å². The van der Waals surface area contributed by atoms with Crippen molar-refractivity contribution in [3.8, 4) is 5.75 Å². The van der Waals surface area contributed by atoms with Gasteiger partial charge in [-0.3, -0.25) is 0 Å². The minimum atomic E-state index is -3.76. The molecule has 144 valence electrons. The highest BCUT2D eigenvalue weighted by atomic mass is 32.2. The molecule has 0 radical (unpaired) electrons. The van der Waals surface area contributed by atoms with Crippen molar-refractivity contribution in [3.63, 3.8) is 0 Å². The number of urea groups is 1. The zero-order chi connectivity index (χ0) is 19.4. The summed E-state index contributed by atoms with van der Waals surface area (Å²) in [6.45, 7) is 1.27. The molecule has 1 aliphatic heterocycles. The van der Waals surface area contributed by atoms with Crippen molar-refractivity contribution in [2.24, 2.45) is 5.14 Å². The number of hydrogen-bond acceptors (Lipinski definition) is 6. The van der Waals surface area contributed by atoms with Gasteiger partial charge in [0.05, 0.1) is 12.8 Å². The molecule has 0 unspecified atom stereocenters. The van der Waals surface area contributed by atoms with Gasteiger partial charge in [-0.2, -0.15) is 0 Å². The maximum Gasteiger partial charge on any atom is 0.319 e. The number of nitrogens with one attached hydrogen (secondary N) is 2. The summed E-state index contributed by atoms with van der Waals surface area (Å²) in [4.78, 5) is 18.3. The van der Waals surface area contributed by atoms with Crippen LogP contribution in [0.2, 0.25) is 0 Å². The van der Waals surface area contributed by atoms with E-state index in [2.05, 4.69) is 15.6 Å². The van der Waals surface area contributed by atoms with E-state index < -0.39 is 10.0 Å². The summed E-state index contributed by atoms with van der Waals surface area (Å²) in [6, 6.07) is 9.82. The van der Waals surface area contributed by atoms with Crippen molar-refractivity contribution in [2.75, 3.05) is 30.4 Å². The topological polar surface area (TPSA) is 127 Å². The van der Waals surface area contributed by atoms with Crippen molar-refractivity contribution in [1.82, 2.24) is 10.3 Å². The molecule has 27 heavy (non-hydrogen) atoms. The fourth-order valence-electron chi connectivity index (χ4n) is 2.91. The highest BCUT2D eigenvalue weighted by molar-refractivity contribution is 7.89. The Morgan fingerprint density at radius 3 is 2.74 bits per heavy atom. The Kier molecular flexibility index (Phi) is 5.47. The second-order valence-corrected chi connectivity index (χ2v) is 7.69. The van der Waals surface area contributed by atoms with Crippen LogP contribution in [0.15, 0.2) is 47.5 Å². The molecule has 0 aliphatic carbocycles. The number of pyridine rings is 1. The SMILES string of the molecule is COc1ccccc1NC(=O)N[C@@H]1CCN(c2ccc(S(N)(=O)=O)cn2)C1. The highest BCUT2D eigenvalue weighted by Gasteiger charge is 2.25. The van der Waals surface area contributed by atoms with Crippen LogP contribution in [0.5, 0.6) is 5.75 Å². The average Bonchev–Trinajstić information content (AvgIpc) is 3.10. The highest BCUT2D eigenvalue weighted by Crippen LogP contribution is 2.23. The van der Waals surface area contributed by atoms with Gasteiger partial charge in [-0.05, 0) is 30.7 Å². The van der Waals surface area contributed by atoms with E-state index in [0.717, 1.165) is 6.42 Å². The molecule has 1 fully saturated rings. The first kappa shape index (κ1) is 18.9. The number of ether oxygens (including phenoxy) is 1. The van der Waals surface area contributed by atoms with Crippen LogP contribution in [-0.4, -0.2) is 45.7 Å². The first-order chi connectivity index (χ1) is 12.9. The number of carbonyl (C=O) groups is 1. The number of anilines is 2. The molecule has 1 atom stereocenters. The van der Waals surface area contributed by atoms with Crippen molar-refractivity contribution in [2.45, 2.75) is 17.4 Å². The number of hydrogen-bond donors (Lipinski definition) is 3. The number of nitrogens with zero attached hydrogens (tertiary/aromatic N) is 2. The van der Waals surface area contributed by atoms with E-state index in [4.69, 9.17) is 9.88 Å². The molecule has 2 amide bonds. The van der Waals surface area contributed by atoms with Crippen molar-refractivity contribution in [3.05, 3.63) is 42.6 Å². The number of para-hydroxylation sites is 2. The predicted octanol–water partition coefficient (Wildman–Crippen LogP) is 1.14. The van der Waals surface area contributed by atoms with Crippen LogP contribution in [0.3, 0.4) is 0 Å². The molecule has 0 bridgehead atoms. The van der Waals surface area contributed by atoms with Crippen molar-refractivity contribution >= 4 is 27.6 Å². The summed E-state index contributed by atoms with van der Waals surface area (Å²) < 4.78 is 27.8. The number of benzene rings is 1. The first-order valence-electron chi connectivity index (χ1n) is 8.31. The lowest BCUT2D eigenvalue weighted by atomic mass is 10.2. The summed E-state index contributed by atoms with van der Waals surface area (Å²) in [6.07, 6.45) is 1.98. The summed E-state index contributed by atoms with van der Waals surface area (Å²) in [5.74, 6) is 1.22. The Morgan fingerprint density at radius 1 is 1.30 bits per heavy atom. The molecule has 1 aromatic carbocycles. The van der Waals surface area contributed by atoms with Gasteiger partial charge in [-0.25, -0.2) is 23.3 Å². The Bertz CT molecular complexity index is 917. The zero-order valence-corrected chi connectivity index (χ0v) is 15.6. The van der Waals surface area contributed by atoms with Gasteiger partial charge < -0.3 is 20.3 Å². The third-order valence-corrected chi connectivity index (χ3v) is 5.15. The second-order valence-electron chi connectivity index (χ2n) is 6.13. The van der Waals surface area contributed by atoms with Crippen LogP contribution in [0.1, 0.15) is 6.42 Å². The standard InChI is InChI=1S/C17H21N5O4S/c1-26-15-5-3-2-4-14(15)21-17(23)20-12-8-9-22(11-12)16-7-6-13(10-19-16)27(18,24)25/h2-7,10,12H,8-9,11H2,1H3,(H2,18,24,25)(H2,20,21,23)/t12-/m1/s1.